The van der Waals surface area contributed by atoms with Crippen LogP contribution in [0, 0.1) is 0 Å². The molecule has 0 aliphatic rings. The highest BCUT2D eigenvalue weighted by Gasteiger charge is 2.32. The highest BCUT2D eigenvalue weighted by Crippen LogP contribution is 2.34. The molecule has 2 rings (SSSR count). The highest BCUT2D eigenvalue weighted by molar-refractivity contribution is 5.52. The molecular weight excluding hydrogens is 278 g/mol. The van der Waals surface area contributed by atoms with Gasteiger partial charge in [-0.15, -0.1) is 0 Å². The van der Waals surface area contributed by atoms with Crippen LogP contribution in [-0.4, -0.2) is 36.1 Å². The molecule has 4 N–H and O–H groups in total. The monoisotopic (exact) mass is 302 g/mol. The van der Waals surface area contributed by atoms with Crippen LogP contribution < -0.4 is 20.7 Å². The molecule has 0 atom stereocenters. The number of benzene rings is 1. The van der Waals surface area contributed by atoms with Gasteiger partial charge in [0.1, 0.15) is 5.75 Å². The number of anilines is 1. The number of nitrogen functional groups attached to an aromatic ring is 1. The van der Waals surface area contributed by atoms with Crippen molar-refractivity contribution in [3.05, 3.63) is 36.5 Å². The summed E-state index contributed by atoms with van der Waals surface area (Å²) in [6, 6.07) is 9.59. The van der Waals surface area contributed by atoms with E-state index in [9.17, 15) is 0 Å². The summed E-state index contributed by atoms with van der Waals surface area (Å²) in [5, 5.41) is 0. The Morgan fingerprint density at radius 2 is 1.82 bits per heavy atom. The van der Waals surface area contributed by atoms with Crippen molar-refractivity contribution in [3.8, 4) is 11.5 Å². The third-order valence-electron chi connectivity index (χ3n) is 3.94. The maximum Gasteiger partial charge on any atom is 0.276 e. The minimum Gasteiger partial charge on any atom is -0.448 e. The van der Waals surface area contributed by atoms with Crippen molar-refractivity contribution in [2.75, 3.05) is 31.9 Å². The minimum atomic E-state index is 0.247. The predicted molar refractivity (Wildman–Crippen MR) is 89.8 cm³/mol. The maximum absolute atomic E-state index is 5.98. The van der Waals surface area contributed by atoms with Crippen LogP contribution in [0.2, 0.25) is 0 Å². The van der Waals surface area contributed by atoms with Gasteiger partial charge in [0.15, 0.2) is 0 Å². The SMILES string of the molecule is CC[N+](CC)(CCN)c1nc(N)ncc1Oc1ccccc1. The number of aromatic nitrogens is 2. The molecule has 0 radical (unpaired) electrons. The first kappa shape index (κ1) is 16.2. The second-order valence-electron chi connectivity index (χ2n) is 5.12. The van der Waals surface area contributed by atoms with Crippen LogP contribution in [-0.2, 0) is 0 Å². The van der Waals surface area contributed by atoms with Gasteiger partial charge < -0.3 is 16.2 Å². The molecule has 6 nitrogen and oxygen atoms in total. The number of likely N-dealkylation sites (N-methyl/N-ethyl adjacent to an activating group) is 1. The quantitative estimate of drug-likeness (QED) is 0.765. The summed E-state index contributed by atoms with van der Waals surface area (Å²) < 4.78 is 6.60. The van der Waals surface area contributed by atoms with Crippen LogP contribution >= 0.6 is 0 Å². The Hall–Kier alpha value is -2.18. The van der Waals surface area contributed by atoms with E-state index in [1.54, 1.807) is 6.20 Å². The van der Waals surface area contributed by atoms with Crippen LogP contribution in [0.15, 0.2) is 36.5 Å². The van der Waals surface area contributed by atoms with Crippen molar-refractivity contribution < 1.29 is 4.74 Å². The molecule has 0 spiro atoms. The number of nitrogens with zero attached hydrogens (tertiary/aromatic N) is 3. The van der Waals surface area contributed by atoms with Crippen molar-refractivity contribution in [1.29, 1.82) is 0 Å². The fraction of sp³-hybridized carbons (Fsp3) is 0.375. The van der Waals surface area contributed by atoms with Crippen molar-refractivity contribution in [3.63, 3.8) is 0 Å². The minimum absolute atomic E-state index is 0.247. The van der Waals surface area contributed by atoms with Gasteiger partial charge in [0.25, 0.3) is 5.82 Å². The molecular formula is C16H24N5O+. The lowest BCUT2D eigenvalue weighted by molar-refractivity contribution is 0.290. The fourth-order valence-electron chi connectivity index (χ4n) is 2.59. The second-order valence-corrected chi connectivity index (χ2v) is 5.12. The van der Waals surface area contributed by atoms with Crippen LogP contribution in [0.25, 0.3) is 0 Å². The van der Waals surface area contributed by atoms with Crippen molar-refractivity contribution in [2.45, 2.75) is 13.8 Å². The number of hydrogen-bond acceptors (Lipinski definition) is 5. The van der Waals surface area contributed by atoms with Crippen molar-refractivity contribution >= 4 is 11.8 Å². The van der Waals surface area contributed by atoms with Gasteiger partial charge in [-0.1, -0.05) is 18.2 Å². The van der Waals surface area contributed by atoms with E-state index in [-0.39, 0.29) is 5.95 Å². The van der Waals surface area contributed by atoms with Gasteiger partial charge in [0, 0.05) is 6.54 Å². The molecule has 6 heteroatoms. The zero-order valence-electron chi connectivity index (χ0n) is 13.2. The van der Waals surface area contributed by atoms with Gasteiger partial charge in [-0.25, -0.2) is 4.98 Å². The molecule has 0 saturated heterocycles. The van der Waals surface area contributed by atoms with Gasteiger partial charge in [0.2, 0.25) is 11.7 Å². The first-order valence-electron chi connectivity index (χ1n) is 7.57. The molecule has 0 aliphatic carbocycles. The molecule has 0 bridgehead atoms. The Morgan fingerprint density at radius 3 is 2.41 bits per heavy atom. The van der Waals surface area contributed by atoms with E-state index in [1.165, 1.54) is 0 Å². The van der Waals surface area contributed by atoms with E-state index in [4.69, 9.17) is 16.2 Å². The van der Waals surface area contributed by atoms with Crippen LogP contribution in [0.3, 0.4) is 0 Å². The van der Waals surface area contributed by atoms with E-state index in [2.05, 4.69) is 23.8 Å². The summed E-state index contributed by atoms with van der Waals surface area (Å²) in [6.07, 6.45) is 1.64. The molecule has 22 heavy (non-hydrogen) atoms. The highest BCUT2D eigenvalue weighted by atomic mass is 16.5. The summed E-state index contributed by atoms with van der Waals surface area (Å²) in [4.78, 5) is 8.54. The van der Waals surface area contributed by atoms with Crippen LogP contribution in [0.5, 0.6) is 11.5 Å². The third kappa shape index (κ3) is 3.35. The average Bonchev–Trinajstić information content (AvgIpc) is 2.55. The summed E-state index contributed by atoms with van der Waals surface area (Å²) in [6.45, 7) is 7.28. The largest absolute Gasteiger partial charge is 0.448 e. The molecule has 0 unspecified atom stereocenters. The van der Waals surface area contributed by atoms with Gasteiger partial charge in [-0.05, 0) is 26.0 Å². The molecule has 0 fully saturated rings. The Morgan fingerprint density at radius 1 is 1.14 bits per heavy atom. The molecule has 2 aromatic rings. The summed E-state index contributed by atoms with van der Waals surface area (Å²) >= 11 is 0. The number of para-hydroxylation sites is 1. The first-order chi connectivity index (χ1) is 10.6. The first-order valence-corrected chi connectivity index (χ1v) is 7.57. The van der Waals surface area contributed by atoms with E-state index < -0.39 is 0 Å². The van der Waals surface area contributed by atoms with Gasteiger partial charge in [0.05, 0.1) is 25.8 Å². The summed E-state index contributed by atoms with van der Waals surface area (Å²) in [5.41, 5.74) is 11.6. The molecule has 0 aliphatic heterocycles. The standard InChI is InChI=1S/C16H24N5O/c1-3-21(4-2,11-10-17)15-14(12-19-16(18)20-15)22-13-8-6-5-7-9-13/h5-9,12H,3-4,10-11,17H2,1-2H3,(H2,18,19,20)/q+1. The lowest BCUT2D eigenvalue weighted by Gasteiger charge is -2.35. The normalized spacial score (nSPS) is 11.4. The topological polar surface area (TPSA) is 87.0 Å². The lowest BCUT2D eigenvalue weighted by Crippen LogP contribution is -2.52. The van der Waals surface area contributed by atoms with E-state index in [0.717, 1.165) is 31.2 Å². The molecule has 118 valence electrons. The molecule has 1 aromatic carbocycles. The second kappa shape index (κ2) is 7.20. The Bertz CT molecular complexity index is 599. The lowest BCUT2D eigenvalue weighted by atomic mass is 10.3. The summed E-state index contributed by atoms with van der Waals surface area (Å²) in [5.74, 6) is 2.40. The van der Waals surface area contributed by atoms with Crippen molar-refractivity contribution in [2.24, 2.45) is 5.73 Å². The predicted octanol–water partition coefficient (Wildman–Crippen LogP) is 2.16. The smallest absolute Gasteiger partial charge is 0.276 e. The molecule has 0 amide bonds. The molecule has 0 saturated carbocycles. The number of hydrogen-bond donors (Lipinski definition) is 2. The van der Waals surface area contributed by atoms with Crippen LogP contribution in [0.1, 0.15) is 13.8 Å². The Balaban J connectivity index is 2.47. The Labute approximate surface area is 131 Å². The number of quaternary nitrogens is 1. The fourth-order valence-corrected chi connectivity index (χ4v) is 2.59. The van der Waals surface area contributed by atoms with Crippen LogP contribution in [0.4, 0.5) is 11.8 Å². The maximum atomic E-state index is 5.98. The molecule has 1 aromatic heterocycles. The summed E-state index contributed by atoms with van der Waals surface area (Å²) in [7, 11) is 0. The zero-order valence-corrected chi connectivity index (χ0v) is 13.2. The van der Waals surface area contributed by atoms with E-state index in [0.29, 0.717) is 16.8 Å². The van der Waals surface area contributed by atoms with E-state index >= 15 is 0 Å². The van der Waals surface area contributed by atoms with Crippen molar-refractivity contribution in [1.82, 2.24) is 14.5 Å². The number of nitrogens with two attached hydrogens (primary N) is 2. The van der Waals surface area contributed by atoms with Gasteiger partial charge in [-0.3, -0.25) is 4.48 Å². The number of rotatable bonds is 7. The van der Waals surface area contributed by atoms with E-state index in [1.807, 2.05) is 30.3 Å². The average molecular weight is 302 g/mol. The third-order valence-corrected chi connectivity index (χ3v) is 3.94. The van der Waals surface area contributed by atoms with Gasteiger partial charge >= 0.3 is 0 Å². The Kier molecular flexibility index (Phi) is 5.30. The molecule has 1 heterocycles. The zero-order chi connectivity index (χ0) is 16.0. The van der Waals surface area contributed by atoms with Gasteiger partial charge in [-0.2, -0.15) is 4.98 Å². The number of ether oxygens (including phenoxy) is 1.